The zero-order valence-corrected chi connectivity index (χ0v) is 17.5. The molecule has 32 heavy (non-hydrogen) atoms. The van der Waals surface area contributed by atoms with Crippen molar-refractivity contribution < 1.29 is 4.74 Å². The molecule has 0 aliphatic carbocycles. The lowest BCUT2D eigenvalue weighted by Gasteiger charge is -2.27. The first-order valence-electron chi connectivity index (χ1n) is 10.7. The van der Waals surface area contributed by atoms with Crippen molar-refractivity contribution in [3.63, 3.8) is 0 Å². The molecule has 3 aromatic heterocycles. The minimum Gasteiger partial charge on any atom is -0.378 e. The van der Waals surface area contributed by atoms with Gasteiger partial charge in [0.15, 0.2) is 0 Å². The van der Waals surface area contributed by atoms with E-state index in [0.717, 1.165) is 76.6 Å². The first kappa shape index (κ1) is 18.8. The van der Waals surface area contributed by atoms with E-state index < -0.39 is 0 Å². The van der Waals surface area contributed by atoms with Gasteiger partial charge in [0.25, 0.3) is 0 Å². The van der Waals surface area contributed by atoms with Crippen LogP contribution in [0.3, 0.4) is 0 Å². The number of benzene rings is 2. The van der Waals surface area contributed by atoms with Crippen molar-refractivity contribution >= 4 is 39.1 Å². The lowest BCUT2D eigenvalue weighted by Crippen LogP contribution is -2.36. The van der Waals surface area contributed by atoms with Crippen molar-refractivity contribution in [2.24, 2.45) is 0 Å². The fourth-order valence-electron chi connectivity index (χ4n) is 4.14. The normalized spacial score (nSPS) is 14.2. The van der Waals surface area contributed by atoms with Crippen LogP contribution in [0.25, 0.3) is 32.9 Å². The molecule has 1 aliphatic heterocycles. The number of aromatic nitrogens is 4. The third-order valence-corrected chi connectivity index (χ3v) is 5.87. The summed E-state index contributed by atoms with van der Waals surface area (Å²) in [7, 11) is 0. The monoisotopic (exact) mass is 422 g/mol. The van der Waals surface area contributed by atoms with Gasteiger partial charge < -0.3 is 19.9 Å². The van der Waals surface area contributed by atoms with Crippen LogP contribution in [0.5, 0.6) is 0 Å². The molecule has 4 heterocycles. The van der Waals surface area contributed by atoms with Crippen molar-refractivity contribution in [1.82, 2.24) is 19.9 Å². The number of hydrogen-bond donors (Lipinski definition) is 2. The van der Waals surface area contributed by atoms with E-state index in [2.05, 4.69) is 78.7 Å². The van der Waals surface area contributed by atoms with Gasteiger partial charge in [0.05, 0.1) is 18.7 Å². The predicted octanol–water partition coefficient (Wildman–Crippen LogP) is 4.75. The summed E-state index contributed by atoms with van der Waals surface area (Å²) < 4.78 is 5.43. The van der Waals surface area contributed by atoms with Crippen molar-refractivity contribution in [2.45, 2.75) is 0 Å². The molecule has 1 saturated heterocycles. The van der Waals surface area contributed by atoms with E-state index in [1.165, 1.54) is 0 Å². The van der Waals surface area contributed by atoms with Crippen LogP contribution in [0.4, 0.5) is 17.3 Å². The largest absolute Gasteiger partial charge is 0.378 e. The summed E-state index contributed by atoms with van der Waals surface area (Å²) in [5.41, 5.74) is 5.14. The van der Waals surface area contributed by atoms with Crippen LogP contribution in [0.2, 0.25) is 0 Å². The number of ether oxygens (including phenoxy) is 1. The molecule has 0 amide bonds. The van der Waals surface area contributed by atoms with Crippen LogP contribution < -0.4 is 10.2 Å². The van der Waals surface area contributed by atoms with Gasteiger partial charge in [0.2, 0.25) is 0 Å². The lowest BCUT2D eigenvalue weighted by atomic mass is 10.1. The van der Waals surface area contributed by atoms with Crippen LogP contribution in [0.1, 0.15) is 0 Å². The Bertz CT molecular complexity index is 1390. The SMILES string of the molecule is c1nc(Nc2ccc3[nH]ccc3c2)c2ccc(-c3ccc(N4CCOCC4)nc3)cc2n1. The van der Waals surface area contributed by atoms with Gasteiger partial charge in [-0.25, -0.2) is 15.0 Å². The zero-order valence-electron chi connectivity index (χ0n) is 17.5. The molecule has 0 saturated carbocycles. The summed E-state index contributed by atoms with van der Waals surface area (Å²) in [4.78, 5) is 19.1. The Hall–Kier alpha value is -3.97. The number of hydrogen-bond acceptors (Lipinski definition) is 6. The van der Waals surface area contributed by atoms with Gasteiger partial charge in [-0.2, -0.15) is 0 Å². The molecule has 0 unspecified atom stereocenters. The van der Waals surface area contributed by atoms with E-state index in [1.807, 2.05) is 18.5 Å². The highest BCUT2D eigenvalue weighted by Gasteiger charge is 2.13. The highest BCUT2D eigenvalue weighted by Crippen LogP contribution is 2.29. The molecular weight excluding hydrogens is 400 g/mol. The molecular formula is C25H22N6O. The first-order valence-corrected chi connectivity index (χ1v) is 10.7. The Kier molecular flexibility index (Phi) is 4.66. The lowest BCUT2D eigenvalue weighted by molar-refractivity contribution is 0.122. The molecule has 6 rings (SSSR count). The molecule has 1 aliphatic rings. The van der Waals surface area contributed by atoms with Crippen LogP contribution in [-0.4, -0.2) is 46.2 Å². The quantitative estimate of drug-likeness (QED) is 0.435. The van der Waals surface area contributed by atoms with Gasteiger partial charge in [0.1, 0.15) is 18.0 Å². The Morgan fingerprint density at radius 1 is 0.875 bits per heavy atom. The minimum atomic E-state index is 0.753. The van der Waals surface area contributed by atoms with Crippen molar-refractivity contribution in [3.8, 4) is 11.1 Å². The second-order valence-electron chi connectivity index (χ2n) is 7.86. The summed E-state index contributed by atoms with van der Waals surface area (Å²) in [6.07, 6.45) is 5.47. The van der Waals surface area contributed by atoms with E-state index in [-0.39, 0.29) is 0 Å². The Morgan fingerprint density at radius 3 is 2.66 bits per heavy atom. The van der Waals surface area contributed by atoms with Gasteiger partial charge in [-0.1, -0.05) is 6.07 Å². The zero-order chi connectivity index (χ0) is 21.3. The standard InChI is InChI=1S/C25H22N6O/c1-4-21-23(14-17(1)19-2-6-24(27-15-19)31-9-11-32-12-10-31)28-16-29-25(21)30-20-3-5-22-18(13-20)7-8-26-22/h1-8,13-16,26H,9-12H2,(H,28,29,30). The van der Waals surface area contributed by atoms with Gasteiger partial charge in [-0.3, -0.25) is 0 Å². The summed E-state index contributed by atoms with van der Waals surface area (Å²) in [5, 5.41) is 5.57. The highest BCUT2D eigenvalue weighted by atomic mass is 16.5. The Balaban J connectivity index is 1.28. The van der Waals surface area contributed by atoms with E-state index in [4.69, 9.17) is 4.74 Å². The molecule has 2 aromatic carbocycles. The number of fused-ring (bicyclic) bond motifs is 2. The number of nitrogens with zero attached hydrogens (tertiary/aromatic N) is 4. The van der Waals surface area contributed by atoms with Crippen molar-refractivity contribution in [1.29, 1.82) is 0 Å². The smallest absolute Gasteiger partial charge is 0.141 e. The van der Waals surface area contributed by atoms with E-state index in [0.29, 0.717) is 0 Å². The molecule has 0 bridgehead atoms. The summed E-state index contributed by atoms with van der Waals surface area (Å²) in [6.45, 7) is 3.27. The maximum absolute atomic E-state index is 5.43. The Labute approximate surface area is 185 Å². The molecule has 0 spiro atoms. The molecule has 7 heteroatoms. The van der Waals surface area contributed by atoms with Gasteiger partial charge >= 0.3 is 0 Å². The predicted molar refractivity (Wildman–Crippen MR) is 127 cm³/mol. The minimum absolute atomic E-state index is 0.753. The maximum atomic E-state index is 5.43. The number of pyridine rings is 1. The molecule has 2 N–H and O–H groups in total. The topological polar surface area (TPSA) is 79.0 Å². The van der Waals surface area contributed by atoms with Gasteiger partial charge in [0, 0.05) is 53.0 Å². The van der Waals surface area contributed by atoms with E-state index in [1.54, 1.807) is 6.33 Å². The summed E-state index contributed by atoms with van der Waals surface area (Å²) in [5.74, 6) is 1.78. The number of rotatable bonds is 4. The van der Waals surface area contributed by atoms with Crippen LogP contribution >= 0.6 is 0 Å². The molecule has 0 radical (unpaired) electrons. The first-order chi connectivity index (χ1) is 15.8. The third-order valence-electron chi connectivity index (χ3n) is 5.87. The van der Waals surface area contributed by atoms with Crippen LogP contribution in [-0.2, 0) is 4.74 Å². The highest BCUT2D eigenvalue weighted by molar-refractivity contribution is 5.94. The van der Waals surface area contributed by atoms with Gasteiger partial charge in [-0.05, 0) is 54.1 Å². The number of anilines is 3. The average Bonchev–Trinajstić information content (AvgIpc) is 3.33. The number of nitrogens with one attached hydrogen (secondary N) is 2. The maximum Gasteiger partial charge on any atom is 0.141 e. The number of morpholine rings is 1. The number of H-pyrrole nitrogens is 1. The molecule has 158 valence electrons. The fourth-order valence-corrected chi connectivity index (χ4v) is 4.14. The molecule has 1 fully saturated rings. The molecule has 7 nitrogen and oxygen atoms in total. The van der Waals surface area contributed by atoms with Crippen molar-refractivity contribution in [3.05, 3.63) is 73.3 Å². The van der Waals surface area contributed by atoms with E-state index >= 15 is 0 Å². The average molecular weight is 422 g/mol. The second kappa shape index (κ2) is 7.94. The summed E-state index contributed by atoms with van der Waals surface area (Å²) >= 11 is 0. The van der Waals surface area contributed by atoms with Crippen LogP contribution in [0.15, 0.2) is 73.3 Å². The fraction of sp³-hybridized carbons (Fsp3) is 0.160. The summed E-state index contributed by atoms with van der Waals surface area (Å²) in [6, 6.07) is 18.7. The Morgan fingerprint density at radius 2 is 1.78 bits per heavy atom. The number of aromatic amines is 1. The van der Waals surface area contributed by atoms with Crippen molar-refractivity contribution in [2.75, 3.05) is 36.5 Å². The molecule has 0 atom stereocenters. The van der Waals surface area contributed by atoms with E-state index in [9.17, 15) is 0 Å². The third kappa shape index (κ3) is 3.52. The van der Waals surface area contributed by atoms with Gasteiger partial charge in [-0.15, -0.1) is 0 Å². The second-order valence-corrected chi connectivity index (χ2v) is 7.86. The molecule has 5 aromatic rings. The van der Waals surface area contributed by atoms with Crippen LogP contribution in [0, 0.1) is 0 Å².